The van der Waals surface area contributed by atoms with Crippen molar-refractivity contribution in [2.45, 2.75) is 29.7 Å². The molecule has 3 aromatic carbocycles. The molecule has 0 radical (unpaired) electrons. The van der Waals surface area contributed by atoms with Gasteiger partial charge in [0, 0.05) is 23.8 Å². The van der Waals surface area contributed by atoms with Crippen molar-refractivity contribution in [3.63, 3.8) is 0 Å². The molecule has 1 heterocycles. The standard InChI is InChI=1S/C26H24ClNO5S/c1-4-17-8-10-20(11-9-17)34(30,31)25-16-28(15-18-6-5-7-19(27)12-18)22-14-24(33-3)23(32-2)13-21(22)26(25)29/h5-14,16H,4,15H2,1-3H3. The molecule has 4 aromatic rings. The second-order valence-electron chi connectivity index (χ2n) is 7.81. The van der Waals surface area contributed by atoms with Gasteiger partial charge >= 0.3 is 0 Å². The quantitative estimate of drug-likeness (QED) is 0.354. The lowest BCUT2D eigenvalue weighted by Gasteiger charge is -2.17. The highest BCUT2D eigenvalue weighted by Gasteiger charge is 2.25. The van der Waals surface area contributed by atoms with Crippen LogP contribution in [-0.4, -0.2) is 27.2 Å². The van der Waals surface area contributed by atoms with Gasteiger partial charge in [0.15, 0.2) is 11.5 Å². The third kappa shape index (κ3) is 4.41. The molecular weight excluding hydrogens is 474 g/mol. The number of hydrogen-bond acceptors (Lipinski definition) is 5. The summed E-state index contributed by atoms with van der Waals surface area (Å²) in [7, 11) is -1.11. The van der Waals surface area contributed by atoms with Gasteiger partial charge in [-0.2, -0.15) is 0 Å². The van der Waals surface area contributed by atoms with Crippen molar-refractivity contribution in [2.24, 2.45) is 0 Å². The van der Waals surface area contributed by atoms with Crippen molar-refractivity contribution >= 4 is 32.3 Å². The molecule has 0 unspecified atom stereocenters. The molecule has 0 bridgehead atoms. The number of sulfone groups is 1. The van der Waals surface area contributed by atoms with Crippen molar-refractivity contribution in [1.29, 1.82) is 0 Å². The molecule has 0 saturated heterocycles. The molecule has 1 aromatic heterocycles. The second kappa shape index (κ2) is 9.52. The summed E-state index contributed by atoms with van der Waals surface area (Å²) >= 11 is 6.16. The highest BCUT2D eigenvalue weighted by molar-refractivity contribution is 7.91. The monoisotopic (exact) mass is 497 g/mol. The Morgan fingerprint density at radius 2 is 1.59 bits per heavy atom. The lowest BCUT2D eigenvalue weighted by atomic mass is 10.1. The molecule has 0 aliphatic heterocycles. The van der Waals surface area contributed by atoms with Crippen LogP contribution in [-0.2, 0) is 22.8 Å². The lowest BCUT2D eigenvalue weighted by Crippen LogP contribution is -2.20. The maximum Gasteiger partial charge on any atom is 0.211 e. The van der Waals surface area contributed by atoms with Crippen molar-refractivity contribution in [3.05, 3.63) is 93.2 Å². The molecule has 0 fully saturated rings. The fourth-order valence-electron chi connectivity index (χ4n) is 3.88. The van der Waals surface area contributed by atoms with Crippen LogP contribution in [0.1, 0.15) is 18.1 Å². The predicted octanol–water partition coefficient (Wildman–Crippen LogP) is 5.12. The van der Waals surface area contributed by atoms with Gasteiger partial charge < -0.3 is 14.0 Å². The van der Waals surface area contributed by atoms with Gasteiger partial charge in [-0.15, -0.1) is 0 Å². The average molecular weight is 498 g/mol. The van der Waals surface area contributed by atoms with Gasteiger partial charge in [-0.25, -0.2) is 8.42 Å². The molecule has 4 rings (SSSR count). The van der Waals surface area contributed by atoms with Crippen LogP contribution in [0.4, 0.5) is 0 Å². The molecule has 0 saturated carbocycles. The van der Waals surface area contributed by atoms with Crippen molar-refractivity contribution in [2.75, 3.05) is 14.2 Å². The van der Waals surface area contributed by atoms with Crippen LogP contribution in [0.5, 0.6) is 11.5 Å². The van der Waals surface area contributed by atoms with Gasteiger partial charge in [-0.3, -0.25) is 4.79 Å². The number of benzene rings is 3. The first kappa shape index (κ1) is 23.9. The Morgan fingerprint density at radius 3 is 2.21 bits per heavy atom. The number of pyridine rings is 1. The third-order valence-corrected chi connectivity index (χ3v) is 7.72. The van der Waals surface area contributed by atoms with E-state index in [1.807, 2.05) is 19.1 Å². The molecule has 8 heteroatoms. The highest BCUT2D eigenvalue weighted by atomic mass is 35.5. The van der Waals surface area contributed by atoms with Crippen molar-refractivity contribution in [1.82, 2.24) is 4.57 Å². The Balaban J connectivity index is 2.00. The van der Waals surface area contributed by atoms with Gasteiger partial charge in [0.2, 0.25) is 15.3 Å². The number of aromatic nitrogens is 1. The summed E-state index contributed by atoms with van der Waals surface area (Å²) in [4.78, 5) is 13.2. The van der Waals surface area contributed by atoms with E-state index in [-0.39, 0.29) is 15.2 Å². The van der Waals surface area contributed by atoms with Crippen LogP contribution in [0.3, 0.4) is 0 Å². The van der Waals surface area contributed by atoms with E-state index >= 15 is 0 Å². The molecule has 0 amide bonds. The number of methoxy groups -OCH3 is 2. The first-order valence-electron chi connectivity index (χ1n) is 10.7. The summed E-state index contributed by atoms with van der Waals surface area (Å²) in [5.41, 5.74) is 1.77. The fourth-order valence-corrected chi connectivity index (χ4v) is 5.46. The van der Waals surface area contributed by atoms with E-state index in [0.29, 0.717) is 28.6 Å². The predicted molar refractivity (Wildman–Crippen MR) is 133 cm³/mol. The summed E-state index contributed by atoms with van der Waals surface area (Å²) < 4.78 is 39.6. The van der Waals surface area contributed by atoms with Crippen LogP contribution in [0.2, 0.25) is 5.02 Å². The van der Waals surface area contributed by atoms with Gasteiger partial charge in [0.1, 0.15) is 4.90 Å². The highest BCUT2D eigenvalue weighted by Crippen LogP contribution is 2.32. The number of nitrogens with zero attached hydrogens (tertiary/aromatic N) is 1. The number of halogens is 1. The van der Waals surface area contributed by atoms with Gasteiger partial charge in [-0.1, -0.05) is 42.8 Å². The molecule has 0 spiro atoms. The molecule has 0 atom stereocenters. The first-order valence-corrected chi connectivity index (χ1v) is 12.5. The van der Waals surface area contributed by atoms with Crippen LogP contribution < -0.4 is 14.9 Å². The average Bonchev–Trinajstić information content (AvgIpc) is 2.84. The van der Waals surface area contributed by atoms with E-state index in [4.69, 9.17) is 21.1 Å². The number of fused-ring (bicyclic) bond motifs is 1. The normalized spacial score (nSPS) is 11.5. The minimum absolute atomic E-state index is 0.0657. The maximum absolute atomic E-state index is 13.5. The molecule has 6 nitrogen and oxygen atoms in total. The van der Waals surface area contributed by atoms with Crippen LogP contribution >= 0.6 is 11.6 Å². The minimum Gasteiger partial charge on any atom is -0.493 e. The number of aryl methyl sites for hydroxylation is 1. The van der Waals surface area contributed by atoms with Gasteiger partial charge in [0.05, 0.1) is 30.0 Å². The Kier molecular flexibility index (Phi) is 6.68. The van der Waals surface area contributed by atoms with E-state index in [9.17, 15) is 13.2 Å². The zero-order valence-electron chi connectivity index (χ0n) is 19.0. The minimum atomic E-state index is -4.08. The second-order valence-corrected chi connectivity index (χ2v) is 10.2. The molecule has 176 valence electrons. The smallest absolute Gasteiger partial charge is 0.211 e. The molecule has 0 aliphatic rings. The molecule has 0 N–H and O–H groups in total. The third-order valence-electron chi connectivity index (χ3n) is 5.73. The number of rotatable bonds is 7. The van der Waals surface area contributed by atoms with E-state index in [1.165, 1.54) is 38.6 Å². The number of ether oxygens (including phenoxy) is 2. The summed E-state index contributed by atoms with van der Waals surface area (Å²) in [6.07, 6.45) is 2.17. The van der Waals surface area contributed by atoms with E-state index in [2.05, 4.69) is 0 Å². The van der Waals surface area contributed by atoms with E-state index in [0.717, 1.165) is 17.5 Å². The Bertz CT molecular complexity index is 1530. The lowest BCUT2D eigenvalue weighted by molar-refractivity contribution is 0.355. The summed E-state index contributed by atoms with van der Waals surface area (Å²) in [5, 5.41) is 0.775. The topological polar surface area (TPSA) is 74.6 Å². The largest absolute Gasteiger partial charge is 0.493 e. The van der Waals surface area contributed by atoms with Gasteiger partial charge in [0.25, 0.3) is 0 Å². The van der Waals surface area contributed by atoms with Crippen LogP contribution in [0.25, 0.3) is 10.9 Å². The Hall–Kier alpha value is -3.29. The van der Waals surface area contributed by atoms with Crippen LogP contribution in [0, 0.1) is 0 Å². The zero-order chi connectivity index (χ0) is 24.5. The first-order chi connectivity index (χ1) is 16.3. The summed E-state index contributed by atoms with van der Waals surface area (Å²) in [6.45, 7) is 2.28. The van der Waals surface area contributed by atoms with E-state index < -0.39 is 15.3 Å². The summed E-state index contributed by atoms with van der Waals surface area (Å²) in [6, 6.07) is 17.0. The summed E-state index contributed by atoms with van der Waals surface area (Å²) in [5.74, 6) is 0.767. The SMILES string of the molecule is CCc1ccc(S(=O)(=O)c2cn(Cc3cccc(Cl)c3)c3cc(OC)c(OC)cc3c2=O)cc1. The zero-order valence-corrected chi connectivity index (χ0v) is 20.6. The Morgan fingerprint density at radius 1 is 0.912 bits per heavy atom. The number of hydrogen-bond donors (Lipinski definition) is 0. The molecule has 0 aliphatic carbocycles. The Labute approximate surface area is 203 Å². The fraction of sp³-hybridized carbons (Fsp3) is 0.192. The van der Waals surface area contributed by atoms with E-state index in [1.54, 1.807) is 34.9 Å². The van der Waals surface area contributed by atoms with Gasteiger partial charge in [-0.05, 0) is 47.9 Å². The molecule has 34 heavy (non-hydrogen) atoms. The maximum atomic E-state index is 13.5. The molecular formula is C26H24ClNO5S. The van der Waals surface area contributed by atoms with Crippen molar-refractivity contribution < 1.29 is 17.9 Å². The van der Waals surface area contributed by atoms with Crippen molar-refractivity contribution in [3.8, 4) is 11.5 Å². The van der Waals surface area contributed by atoms with Crippen LogP contribution in [0.15, 0.2) is 81.4 Å².